The predicted molar refractivity (Wildman–Crippen MR) is 82.1 cm³/mol. The number of ether oxygens (including phenoxy) is 1. The number of hydrogen-bond donors (Lipinski definition) is 1. The van der Waals surface area contributed by atoms with E-state index in [9.17, 15) is 9.59 Å². The van der Waals surface area contributed by atoms with Gasteiger partial charge < -0.3 is 9.84 Å². The fourth-order valence-electron chi connectivity index (χ4n) is 2.96. The molecule has 4 heteroatoms. The van der Waals surface area contributed by atoms with Crippen LogP contribution < -0.4 is 0 Å². The van der Waals surface area contributed by atoms with Crippen molar-refractivity contribution in [3.63, 3.8) is 0 Å². The molecule has 1 rings (SSSR count). The van der Waals surface area contributed by atoms with E-state index in [0.717, 1.165) is 12.8 Å². The molecule has 1 N–H and O–H groups in total. The Balaban J connectivity index is 1.96. The summed E-state index contributed by atoms with van der Waals surface area (Å²) in [5.41, 5.74) is 0. The Morgan fingerprint density at radius 2 is 1.67 bits per heavy atom. The molecule has 1 fully saturated rings. The van der Waals surface area contributed by atoms with Gasteiger partial charge in [-0.15, -0.1) is 0 Å². The third-order valence-corrected chi connectivity index (χ3v) is 4.21. The van der Waals surface area contributed by atoms with Gasteiger partial charge in [0.1, 0.15) is 6.10 Å². The first kappa shape index (κ1) is 18.0. The Labute approximate surface area is 128 Å². The summed E-state index contributed by atoms with van der Waals surface area (Å²) in [6.45, 7) is 2.23. The number of esters is 1. The van der Waals surface area contributed by atoms with E-state index < -0.39 is 11.9 Å². The highest BCUT2D eigenvalue weighted by Gasteiger charge is 2.35. The standard InChI is InChI=1S/C17H30O4/c1-2-3-4-5-6-7-8-9-10-11-15-12-14(13-16(18)19)17(20)21-15/h14-15H,2-13H2,1H3,(H,18,19)/t14-,15+/m0/s1. The predicted octanol–water partition coefficient (Wildman–Crippen LogP) is 4.31. The second-order valence-corrected chi connectivity index (χ2v) is 6.21. The Morgan fingerprint density at radius 1 is 1.10 bits per heavy atom. The fraction of sp³-hybridized carbons (Fsp3) is 0.882. The van der Waals surface area contributed by atoms with Crippen LogP contribution in [0.3, 0.4) is 0 Å². The fourth-order valence-corrected chi connectivity index (χ4v) is 2.96. The molecule has 2 atom stereocenters. The van der Waals surface area contributed by atoms with E-state index >= 15 is 0 Å². The lowest BCUT2D eigenvalue weighted by Gasteiger charge is -2.08. The van der Waals surface area contributed by atoms with Crippen LogP contribution in [-0.2, 0) is 14.3 Å². The molecule has 0 spiro atoms. The molecule has 0 unspecified atom stereocenters. The number of aliphatic carboxylic acids is 1. The number of hydrogen-bond acceptors (Lipinski definition) is 3. The van der Waals surface area contributed by atoms with E-state index in [1.54, 1.807) is 0 Å². The van der Waals surface area contributed by atoms with Gasteiger partial charge in [0.15, 0.2) is 0 Å². The number of rotatable bonds is 12. The van der Waals surface area contributed by atoms with Crippen molar-refractivity contribution >= 4 is 11.9 Å². The molecule has 1 aliphatic rings. The summed E-state index contributed by atoms with van der Waals surface area (Å²) in [5.74, 6) is -1.66. The van der Waals surface area contributed by atoms with E-state index in [1.807, 2.05) is 0 Å². The summed E-state index contributed by atoms with van der Waals surface area (Å²) in [6.07, 6.45) is 12.8. The average Bonchev–Trinajstić information content (AvgIpc) is 2.76. The SMILES string of the molecule is CCCCCCCCCCC[C@@H]1C[C@@H](CC(=O)O)C(=O)O1. The molecule has 0 radical (unpaired) electrons. The Kier molecular flexibility index (Phi) is 9.11. The van der Waals surface area contributed by atoms with Crippen molar-refractivity contribution in [2.75, 3.05) is 0 Å². The summed E-state index contributed by atoms with van der Waals surface area (Å²) in [5, 5.41) is 8.72. The van der Waals surface area contributed by atoms with Gasteiger partial charge in [0.2, 0.25) is 0 Å². The maximum Gasteiger partial charge on any atom is 0.309 e. The van der Waals surface area contributed by atoms with Gasteiger partial charge in [-0.05, 0) is 19.3 Å². The van der Waals surface area contributed by atoms with Gasteiger partial charge in [-0.25, -0.2) is 0 Å². The molecule has 21 heavy (non-hydrogen) atoms. The van der Waals surface area contributed by atoms with Crippen LogP contribution in [-0.4, -0.2) is 23.1 Å². The monoisotopic (exact) mass is 298 g/mol. The van der Waals surface area contributed by atoms with Gasteiger partial charge in [0.25, 0.3) is 0 Å². The first-order valence-corrected chi connectivity index (χ1v) is 8.55. The molecule has 0 bridgehead atoms. The van der Waals surface area contributed by atoms with Crippen LogP contribution >= 0.6 is 0 Å². The molecule has 0 aromatic carbocycles. The Bertz CT molecular complexity index is 314. The van der Waals surface area contributed by atoms with Crippen molar-refractivity contribution < 1.29 is 19.4 Å². The number of carboxylic acids is 1. The van der Waals surface area contributed by atoms with Crippen LogP contribution in [0.5, 0.6) is 0 Å². The van der Waals surface area contributed by atoms with Crippen LogP contribution in [0.25, 0.3) is 0 Å². The van der Waals surface area contributed by atoms with Gasteiger partial charge >= 0.3 is 11.9 Å². The highest BCUT2D eigenvalue weighted by atomic mass is 16.6. The number of cyclic esters (lactones) is 1. The molecule has 1 saturated heterocycles. The summed E-state index contributed by atoms with van der Waals surface area (Å²) in [6, 6.07) is 0. The smallest absolute Gasteiger partial charge is 0.309 e. The largest absolute Gasteiger partial charge is 0.481 e. The van der Waals surface area contributed by atoms with Gasteiger partial charge in [-0.1, -0.05) is 58.3 Å². The summed E-state index contributed by atoms with van der Waals surface area (Å²) in [7, 11) is 0. The quantitative estimate of drug-likeness (QED) is 0.430. The number of carbonyl (C=O) groups is 2. The molecule has 0 aliphatic carbocycles. The van der Waals surface area contributed by atoms with Crippen LogP contribution in [0.1, 0.15) is 84.0 Å². The third kappa shape index (κ3) is 8.08. The second-order valence-electron chi connectivity index (χ2n) is 6.21. The molecule has 1 aliphatic heterocycles. The van der Waals surface area contributed by atoms with Crippen LogP contribution in [0.15, 0.2) is 0 Å². The summed E-state index contributed by atoms with van der Waals surface area (Å²) >= 11 is 0. The van der Waals surface area contributed by atoms with Gasteiger partial charge in [-0.3, -0.25) is 9.59 Å². The molecular formula is C17H30O4. The van der Waals surface area contributed by atoms with E-state index in [-0.39, 0.29) is 18.5 Å². The minimum atomic E-state index is -0.916. The minimum Gasteiger partial charge on any atom is -0.481 e. The molecule has 0 aromatic rings. The Morgan fingerprint density at radius 3 is 2.24 bits per heavy atom. The molecule has 0 aromatic heterocycles. The molecule has 1 heterocycles. The minimum absolute atomic E-state index is 0.0496. The van der Waals surface area contributed by atoms with Gasteiger partial charge in [0.05, 0.1) is 12.3 Å². The first-order chi connectivity index (χ1) is 10.1. The zero-order valence-corrected chi connectivity index (χ0v) is 13.3. The number of carboxylic acid groups (broad SMARTS) is 1. The third-order valence-electron chi connectivity index (χ3n) is 4.21. The maximum absolute atomic E-state index is 11.5. The Hall–Kier alpha value is -1.06. The van der Waals surface area contributed by atoms with Crippen LogP contribution in [0.4, 0.5) is 0 Å². The molecule has 0 saturated carbocycles. The van der Waals surface area contributed by atoms with Crippen molar-refractivity contribution in [3.05, 3.63) is 0 Å². The van der Waals surface area contributed by atoms with E-state index in [4.69, 9.17) is 9.84 Å². The van der Waals surface area contributed by atoms with E-state index in [1.165, 1.54) is 51.4 Å². The van der Waals surface area contributed by atoms with Gasteiger partial charge in [0, 0.05) is 0 Å². The average molecular weight is 298 g/mol. The number of carbonyl (C=O) groups excluding carboxylic acids is 1. The van der Waals surface area contributed by atoms with Crippen molar-refractivity contribution in [1.29, 1.82) is 0 Å². The van der Waals surface area contributed by atoms with Crippen LogP contribution in [0.2, 0.25) is 0 Å². The van der Waals surface area contributed by atoms with Crippen molar-refractivity contribution in [1.82, 2.24) is 0 Å². The van der Waals surface area contributed by atoms with Crippen molar-refractivity contribution in [3.8, 4) is 0 Å². The molecule has 0 amide bonds. The van der Waals surface area contributed by atoms with Crippen LogP contribution in [0, 0.1) is 5.92 Å². The zero-order valence-electron chi connectivity index (χ0n) is 13.3. The zero-order chi connectivity index (χ0) is 15.5. The highest BCUT2D eigenvalue weighted by Crippen LogP contribution is 2.27. The maximum atomic E-state index is 11.5. The summed E-state index contributed by atoms with van der Waals surface area (Å²) in [4.78, 5) is 22.1. The lowest BCUT2D eigenvalue weighted by Crippen LogP contribution is -2.12. The highest BCUT2D eigenvalue weighted by molar-refractivity contribution is 5.80. The molecule has 4 nitrogen and oxygen atoms in total. The van der Waals surface area contributed by atoms with Crippen molar-refractivity contribution in [2.24, 2.45) is 5.92 Å². The topological polar surface area (TPSA) is 63.6 Å². The number of unbranched alkanes of at least 4 members (excludes halogenated alkanes) is 8. The summed E-state index contributed by atoms with van der Waals surface area (Å²) < 4.78 is 5.24. The van der Waals surface area contributed by atoms with Crippen molar-refractivity contribution in [2.45, 2.75) is 90.1 Å². The molecular weight excluding hydrogens is 268 g/mol. The molecule has 122 valence electrons. The van der Waals surface area contributed by atoms with Gasteiger partial charge in [-0.2, -0.15) is 0 Å². The first-order valence-electron chi connectivity index (χ1n) is 8.55. The lowest BCUT2D eigenvalue weighted by molar-refractivity contribution is -0.148. The lowest BCUT2D eigenvalue weighted by atomic mass is 9.98. The van der Waals surface area contributed by atoms with E-state index in [0.29, 0.717) is 6.42 Å². The van der Waals surface area contributed by atoms with E-state index in [2.05, 4.69) is 6.92 Å². The second kappa shape index (κ2) is 10.6. The normalized spacial score (nSPS) is 21.5.